The van der Waals surface area contributed by atoms with Gasteiger partial charge in [0.15, 0.2) is 0 Å². The van der Waals surface area contributed by atoms with Gasteiger partial charge in [0.05, 0.1) is 6.04 Å². The van der Waals surface area contributed by atoms with Gasteiger partial charge in [-0.15, -0.1) is 0 Å². The zero-order valence-corrected chi connectivity index (χ0v) is 13.2. The van der Waals surface area contributed by atoms with Crippen LogP contribution in [-0.2, 0) is 7.05 Å². The molecule has 0 unspecified atom stereocenters. The van der Waals surface area contributed by atoms with Crippen LogP contribution in [-0.4, -0.2) is 21.9 Å². The fourth-order valence-electron chi connectivity index (χ4n) is 3.22. The Morgan fingerprint density at radius 1 is 1.26 bits per heavy atom. The third-order valence-corrected chi connectivity index (χ3v) is 4.50. The summed E-state index contributed by atoms with van der Waals surface area (Å²) >= 11 is 0. The number of pyridine rings is 1. The standard InChI is InChI=1S/C18H19FN2O2/c1-12-6-9-21(17(12)13-4-3-5-15(19)10-13)18(23)14-7-8-20(2)16(22)11-14/h3-5,7-8,10-12,17H,6,9H2,1-2H3/t12-,17-/m1/s1. The van der Waals surface area contributed by atoms with E-state index in [0.29, 0.717) is 12.1 Å². The van der Waals surface area contributed by atoms with E-state index in [-0.39, 0.29) is 29.2 Å². The zero-order valence-electron chi connectivity index (χ0n) is 13.2. The molecule has 1 fully saturated rings. The summed E-state index contributed by atoms with van der Waals surface area (Å²) in [7, 11) is 1.64. The summed E-state index contributed by atoms with van der Waals surface area (Å²) in [6, 6.07) is 9.23. The van der Waals surface area contributed by atoms with Crippen LogP contribution in [0.2, 0.25) is 0 Å². The Balaban J connectivity index is 1.95. The summed E-state index contributed by atoms with van der Waals surface area (Å²) in [5, 5.41) is 0. The van der Waals surface area contributed by atoms with Crippen molar-refractivity contribution in [1.29, 1.82) is 0 Å². The molecule has 4 nitrogen and oxygen atoms in total. The van der Waals surface area contributed by atoms with Crippen molar-refractivity contribution in [2.45, 2.75) is 19.4 Å². The number of carbonyl (C=O) groups excluding carboxylic acids is 1. The molecule has 1 saturated heterocycles. The van der Waals surface area contributed by atoms with Crippen LogP contribution >= 0.6 is 0 Å². The van der Waals surface area contributed by atoms with Crippen molar-refractivity contribution in [3.8, 4) is 0 Å². The van der Waals surface area contributed by atoms with Crippen LogP contribution in [0.3, 0.4) is 0 Å². The lowest BCUT2D eigenvalue weighted by Crippen LogP contribution is -2.33. The van der Waals surface area contributed by atoms with Gasteiger partial charge in [0.1, 0.15) is 5.82 Å². The van der Waals surface area contributed by atoms with E-state index in [0.717, 1.165) is 12.0 Å². The van der Waals surface area contributed by atoms with Gasteiger partial charge in [-0.2, -0.15) is 0 Å². The van der Waals surface area contributed by atoms with Gasteiger partial charge in [-0.3, -0.25) is 9.59 Å². The number of rotatable bonds is 2. The summed E-state index contributed by atoms with van der Waals surface area (Å²) in [6.07, 6.45) is 2.45. The fourth-order valence-corrected chi connectivity index (χ4v) is 3.22. The number of hydrogen-bond donors (Lipinski definition) is 0. The number of carbonyl (C=O) groups is 1. The minimum atomic E-state index is -0.303. The second-order valence-electron chi connectivity index (χ2n) is 6.13. The third kappa shape index (κ3) is 2.91. The van der Waals surface area contributed by atoms with Crippen molar-refractivity contribution in [2.75, 3.05) is 6.54 Å². The van der Waals surface area contributed by atoms with Crippen molar-refractivity contribution in [1.82, 2.24) is 9.47 Å². The largest absolute Gasteiger partial charge is 0.331 e. The van der Waals surface area contributed by atoms with Crippen LogP contribution in [0.15, 0.2) is 47.4 Å². The van der Waals surface area contributed by atoms with Crippen molar-refractivity contribution in [3.05, 3.63) is 69.9 Å². The van der Waals surface area contributed by atoms with Gasteiger partial charge in [-0.1, -0.05) is 19.1 Å². The summed E-state index contributed by atoms with van der Waals surface area (Å²) in [6.45, 7) is 2.67. The smallest absolute Gasteiger partial charge is 0.254 e. The summed E-state index contributed by atoms with van der Waals surface area (Å²) < 4.78 is 15.0. The third-order valence-electron chi connectivity index (χ3n) is 4.50. The van der Waals surface area contributed by atoms with E-state index >= 15 is 0 Å². The minimum Gasteiger partial charge on any atom is -0.331 e. The average molecular weight is 314 g/mol. The van der Waals surface area contributed by atoms with Crippen LogP contribution in [0.1, 0.15) is 35.3 Å². The molecule has 23 heavy (non-hydrogen) atoms. The zero-order chi connectivity index (χ0) is 16.6. The molecule has 0 radical (unpaired) electrons. The molecule has 1 amide bonds. The number of amides is 1. The molecule has 1 aliphatic rings. The molecule has 2 aromatic rings. The summed E-state index contributed by atoms with van der Waals surface area (Å²) in [5.41, 5.74) is 0.959. The van der Waals surface area contributed by atoms with E-state index in [9.17, 15) is 14.0 Å². The van der Waals surface area contributed by atoms with Crippen LogP contribution in [0.5, 0.6) is 0 Å². The quantitative estimate of drug-likeness (QED) is 0.855. The molecular formula is C18H19FN2O2. The number of hydrogen-bond acceptors (Lipinski definition) is 2. The maximum Gasteiger partial charge on any atom is 0.254 e. The Bertz CT molecular complexity index is 800. The van der Waals surface area contributed by atoms with Gasteiger partial charge in [0.2, 0.25) is 0 Å². The molecule has 0 aliphatic carbocycles. The molecule has 0 N–H and O–H groups in total. The molecule has 2 atom stereocenters. The van der Waals surface area contributed by atoms with E-state index in [2.05, 4.69) is 6.92 Å². The number of likely N-dealkylation sites (tertiary alicyclic amines) is 1. The Labute approximate surface area is 134 Å². The molecule has 3 rings (SSSR count). The number of nitrogens with zero attached hydrogens (tertiary/aromatic N) is 2. The molecule has 2 heterocycles. The minimum absolute atomic E-state index is 0.165. The van der Waals surface area contributed by atoms with Crippen LogP contribution in [0, 0.1) is 11.7 Å². The Morgan fingerprint density at radius 3 is 2.74 bits per heavy atom. The Morgan fingerprint density at radius 2 is 2.04 bits per heavy atom. The topological polar surface area (TPSA) is 42.3 Å². The predicted molar refractivity (Wildman–Crippen MR) is 85.6 cm³/mol. The molecule has 0 spiro atoms. The molecular weight excluding hydrogens is 295 g/mol. The molecule has 5 heteroatoms. The van der Waals surface area contributed by atoms with Gasteiger partial charge in [-0.25, -0.2) is 4.39 Å². The van der Waals surface area contributed by atoms with Crippen LogP contribution in [0.4, 0.5) is 4.39 Å². The highest BCUT2D eigenvalue weighted by Crippen LogP contribution is 2.37. The van der Waals surface area contributed by atoms with Crippen molar-refractivity contribution >= 4 is 5.91 Å². The summed E-state index contributed by atoms with van der Waals surface area (Å²) in [5.74, 6) is -0.240. The lowest BCUT2D eigenvalue weighted by Gasteiger charge is -2.27. The normalized spacial score (nSPS) is 20.7. The summed E-state index contributed by atoms with van der Waals surface area (Å²) in [4.78, 5) is 26.3. The average Bonchev–Trinajstić information content (AvgIpc) is 2.91. The molecule has 1 aliphatic heterocycles. The second-order valence-corrected chi connectivity index (χ2v) is 6.13. The molecule has 1 aromatic carbocycles. The lowest BCUT2D eigenvalue weighted by atomic mass is 9.95. The highest BCUT2D eigenvalue weighted by molar-refractivity contribution is 5.94. The fraction of sp³-hybridized carbons (Fsp3) is 0.333. The maximum atomic E-state index is 13.5. The Hall–Kier alpha value is -2.43. The molecule has 0 bridgehead atoms. The van der Waals surface area contributed by atoms with E-state index < -0.39 is 0 Å². The highest BCUT2D eigenvalue weighted by Gasteiger charge is 2.36. The van der Waals surface area contributed by atoms with Crippen LogP contribution in [0.25, 0.3) is 0 Å². The monoisotopic (exact) mass is 314 g/mol. The number of aryl methyl sites for hydroxylation is 1. The number of aromatic nitrogens is 1. The first-order valence-corrected chi connectivity index (χ1v) is 7.70. The van der Waals surface area contributed by atoms with E-state index in [1.165, 1.54) is 22.8 Å². The van der Waals surface area contributed by atoms with Gasteiger partial charge in [0.25, 0.3) is 11.5 Å². The van der Waals surface area contributed by atoms with Crippen molar-refractivity contribution in [3.63, 3.8) is 0 Å². The van der Waals surface area contributed by atoms with E-state index in [1.54, 1.807) is 30.3 Å². The van der Waals surface area contributed by atoms with Crippen molar-refractivity contribution in [2.24, 2.45) is 13.0 Å². The number of halogens is 1. The van der Waals surface area contributed by atoms with Gasteiger partial charge in [0, 0.05) is 31.4 Å². The Kier molecular flexibility index (Phi) is 4.03. The molecule has 120 valence electrons. The second kappa shape index (κ2) is 5.99. The lowest BCUT2D eigenvalue weighted by molar-refractivity contribution is 0.0720. The van der Waals surface area contributed by atoms with E-state index in [4.69, 9.17) is 0 Å². The highest BCUT2D eigenvalue weighted by atomic mass is 19.1. The first-order chi connectivity index (χ1) is 11.0. The predicted octanol–water partition coefficient (Wildman–Crippen LogP) is 2.75. The maximum absolute atomic E-state index is 13.5. The van der Waals surface area contributed by atoms with Crippen molar-refractivity contribution < 1.29 is 9.18 Å². The van der Waals surface area contributed by atoms with Crippen LogP contribution < -0.4 is 5.56 Å². The SMILES string of the molecule is C[C@@H]1CCN(C(=O)c2ccn(C)c(=O)c2)[C@H]1c1cccc(F)c1. The van der Waals surface area contributed by atoms with Gasteiger partial charge < -0.3 is 9.47 Å². The first kappa shape index (κ1) is 15.5. The first-order valence-electron chi connectivity index (χ1n) is 7.70. The molecule has 1 aromatic heterocycles. The molecule has 0 saturated carbocycles. The van der Waals surface area contributed by atoms with E-state index in [1.807, 2.05) is 6.07 Å². The van der Waals surface area contributed by atoms with Gasteiger partial charge in [-0.05, 0) is 36.1 Å². The van der Waals surface area contributed by atoms with Gasteiger partial charge >= 0.3 is 0 Å². The number of benzene rings is 1.